The lowest BCUT2D eigenvalue weighted by Crippen LogP contribution is -2.06. The van der Waals surface area contributed by atoms with Gasteiger partial charge in [0, 0.05) is 14.5 Å². The second-order valence-corrected chi connectivity index (χ2v) is 6.88. The first-order valence-corrected chi connectivity index (χ1v) is 8.50. The second kappa shape index (κ2) is 6.97. The summed E-state index contributed by atoms with van der Waals surface area (Å²) in [5.74, 6) is -1.07. The predicted octanol–water partition coefficient (Wildman–Crippen LogP) is 5.37. The largest absolute Gasteiger partial charge is 0.476 e. The van der Waals surface area contributed by atoms with Crippen LogP contribution < -0.4 is 0 Å². The van der Waals surface area contributed by atoms with Gasteiger partial charge in [-0.2, -0.15) is 5.10 Å². The van der Waals surface area contributed by atoms with Crippen molar-refractivity contribution in [3.8, 4) is 11.3 Å². The van der Waals surface area contributed by atoms with E-state index in [-0.39, 0.29) is 5.69 Å². The number of hydrogen-bond donors (Lipinski definition) is 1. The van der Waals surface area contributed by atoms with Crippen LogP contribution in [0.2, 0.25) is 10.0 Å². The van der Waals surface area contributed by atoms with E-state index >= 15 is 0 Å². The molecule has 3 rings (SSSR count). The molecule has 0 bridgehead atoms. The molecule has 1 aromatic heterocycles. The van der Waals surface area contributed by atoms with Crippen molar-refractivity contribution in [1.29, 1.82) is 0 Å². The average Bonchev–Trinajstić information content (AvgIpc) is 2.95. The van der Waals surface area contributed by atoms with Crippen molar-refractivity contribution < 1.29 is 9.90 Å². The monoisotopic (exact) mass is 424 g/mol. The minimum Gasteiger partial charge on any atom is -0.476 e. The molecule has 0 saturated carbocycles. The van der Waals surface area contributed by atoms with Gasteiger partial charge < -0.3 is 5.11 Å². The van der Waals surface area contributed by atoms with Crippen LogP contribution in [0, 0.1) is 0 Å². The van der Waals surface area contributed by atoms with Crippen LogP contribution in [-0.4, -0.2) is 20.9 Å². The molecule has 1 heterocycles. The Morgan fingerprint density at radius 3 is 2.46 bits per heavy atom. The normalized spacial score (nSPS) is 10.8. The van der Waals surface area contributed by atoms with Crippen molar-refractivity contribution in [1.82, 2.24) is 9.78 Å². The van der Waals surface area contributed by atoms with E-state index in [1.807, 2.05) is 24.3 Å². The summed E-state index contributed by atoms with van der Waals surface area (Å²) in [6, 6.07) is 14.3. The number of aromatic nitrogens is 2. The lowest BCUT2D eigenvalue weighted by Gasteiger charge is -2.09. The highest BCUT2D eigenvalue weighted by Gasteiger charge is 2.16. The molecule has 4 nitrogen and oxygen atoms in total. The third-order valence-corrected chi connectivity index (χ3v) is 4.59. The average molecular weight is 426 g/mol. The molecule has 0 unspecified atom stereocenters. The fourth-order valence-corrected chi connectivity index (χ4v) is 3.04. The van der Waals surface area contributed by atoms with Crippen LogP contribution in [-0.2, 0) is 6.54 Å². The van der Waals surface area contributed by atoms with Crippen molar-refractivity contribution in [3.63, 3.8) is 0 Å². The Kier molecular flexibility index (Phi) is 4.94. The molecule has 0 radical (unpaired) electrons. The quantitative estimate of drug-likeness (QED) is 0.611. The van der Waals surface area contributed by atoms with Crippen molar-refractivity contribution in [3.05, 3.63) is 74.3 Å². The molecular weight excluding hydrogens is 415 g/mol. The Labute approximate surface area is 156 Å². The Bertz CT molecular complexity index is 907. The third kappa shape index (κ3) is 3.64. The van der Waals surface area contributed by atoms with Crippen molar-refractivity contribution in [2.45, 2.75) is 6.54 Å². The maximum absolute atomic E-state index is 11.3. The fourth-order valence-electron chi connectivity index (χ4n) is 2.31. The van der Waals surface area contributed by atoms with Crippen LogP contribution in [0.25, 0.3) is 11.3 Å². The zero-order chi connectivity index (χ0) is 17.3. The number of nitrogens with zero attached hydrogens (tertiary/aromatic N) is 2. The molecule has 0 aliphatic carbocycles. The molecule has 0 aliphatic rings. The van der Waals surface area contributed by atoms with Gasteiger partial charge in [-0.1, -0.05) is 57.3 Å². The number of halogens is 3. The molecule has 2 aromatic carbocycles. The van der Waals surface area contributed by atoms with E-state index in [4.69, 9.17) is 23.2 Å². The minimum atomic E-state index is -1.07. The number of rotatable bonds is 4. The van der Waals surface area contributed by atoms with E-state index in [1.165, 1.54) is 0 Å². The summed E-state index contributed by atoms with van der Waals surface area (Å²) in [7, 11) is 0. The molecule has 1 N–H and O–H groups in total. The summed E-state index contributed by atoms with van der Waals surface area (Å²) in [4.78, 5) is 11.3. The molecule has 0 spiro atoms. The molecule has 0 aliphatic heterocycles. The third-order valence-electron chi connectivity index (χ3n) is 3.47. The van der Waals surface area contributed by atoms with Crippen LogP contribution in [0.15, 0.2) is 53.0 Å². The predicted molar refractivity (Wildman–Crippen MR) is 97.9 cm³/mol. The van der Waals surface area contributed by atoms with E-state index in [1.54, 1.807) is 28.9 Å². The van der Waals surface area contributed by atoms with E-state index in [2.05, 4.69) is 21.0 Å². The van der Waals surface area contributed by atoms with Crippen molar-refractivity contribution >= 4 is 45.1 Å². The Hall–Kier alpha value is -1.82. The van der Waals surface area contributed by atoms with Crippen LogP contribution >= 0.6 is 39.1 Å². The van der Waals surface area contributed by atoms with Gasteiger partial charge in [0.25, 0.3) is 0 Å². The standard InChI is InChI=1S/C17H11BrCl2N2O2/c18-12-4-1-10(2-5-12)16-8-15(17(23)24)21-22(16)9-11-3-6-13(19)7-14(11)20/h1-8H,9H2,(H,23,24). The highest BCUT2D eigenvalue weighted by molar-refractivity contribution is 9.10. The first-order valence-electron chi connectivity index (χ1n) is 6.95. The zero-order valence-corrected chi connectivity index (χ0v) is 15.3. The van der Waals surface area contributed by atoms with E-state index in [9.17, 15) is 9.90 Å². The van der Waals surface area contributed by atoms with Crippen LogP contribution in [0.4, 0.5) is 0 Å². The number of hydrogen-bond acceptors (Lipinski definition) is 2. The van der Waals surface area contributed by atoms with E-state index in [0.29, 0.717) is 22.3 Å². The van der Waals surface area contributed by atoms with Gasteiger partial charge >= 0.3 is 5.97 Å². The maximum atomic E-state index is 11.3. The molecule has 0 saturated heterocycles. The smallest absolute Gasteiger partial charge is 0.356 e. The summed E-state index contributed by atoms with van der Waals surface area (Å²) < 4.78 is 2.57. The van der Waals surface area contributed by atoms with Gasteiger partial charge in [-0.3, -0.25) is 4.68 Å². The number of carboxylic acids is 1. The number of aromatic carboxylic acids is 1. The van der Waals surface area contributed by atoms with Crippen LogP contribution in [0.1, 0.15) is 16.1 Å². The summed E-state index contributed by atoms with van der Waals surface area (Å²) in [5, 5.41) is 14.5. The Balaban J connectivity index is 2.05. The summed E-state index contributed by atoms with van der Waals surface area (Å²) in [6.07, 6.45) is 0. The van der Waals surface area contributed by atoms with Gasteiger partial charge in [-0.05, 0) is 41.5 Å². The molecule has 0 fully saturated rings. The first kappa shape index (κ1) is 17.0. The van der Waals surface area contributed by atoms with Crippen LogP contribution in [0.5, 0.6) is 0 Å². The first-order chi connectivity index (χ1) is 11.4. The summed E-state index contributed by atoms with van der Waals surface area (Å²) in [6.45, 7) is 0.342. The van der Waals surface area contributed by atoms with Gasteiger partial charge in [-0.15, -0.1) is 0 Å². The molecular formula is C17H11BrCl2N2O2. The van der Waals surface area contributed by atoms with E-state index in [0.717, 1.165) is 15.6 Å². The maximum Gasteiger partial charge on any atom is 0.356 e. The SMILES string of the molecule is O=C(O)c1cc(-c2ccc(Br)cc2)n(Cc2ccc(Cl)cc2Cl)n1. The van der Waals surface area contributed by atoms with Gasteiger partial charge in [0.15, 0.2) is 5.69 Å². The Morgan fingerprint density at radius 1 is 1.12 bits per heavy atom. The minimum absolute atomic E-state index is 0.0157. The molecule has 0 amide bonds. The second-order valence-electron chi connectivity index (χ2n) is 5.12. The molecule has 122 valence electrons. The number of carbonyl (C=O) groups is 1. The number of benzene rings is 2. The van der Waals surface area contributed by atoms with Crippen molar-refractivity contribution in [2.75, 3.05) is 0 Å². The summed E-state index contributed by atoms with van der Waals surface area (Å²) in [5.41, 5.74) is 2.35. The number of carboxylic acid groups (broad SMARTS) is 1. The van der Waals surface area contributed by atoms with Gasteiger partial charge in [0.1, 0.15) is 0 Å². The topological polar surface area (TPSA) is 55.1 Å². The lowest BCUT2D eigenvalue weighted by atomic mass is 10.1. The van der Waals surface area contributed by atoms with Gasteiger partial charge in [-0.25, -0.2) is 4.79 Å². The molecule has 0 atom stereocenters. The molecule has 24 heavy (non-hydrogen) atoms. The summed E-state index contributed by atoms with van der Waals surface area (Å²) >= 11 is 15.5. The van der Waals surface area contributed by atoms with Crippen LogP contribution in [0.3, 0.4) is 0 Å². The fraction of sp³-hybridized carbons (Fsp3) is 0.0588. The lowest BCUT2D eigenvalue weighted by molar-refractivity contribution is 0.0689. The van der Waals surface area contributed by atoms with Gasteiger partial charge in [0.05, 0.1) is 12.2 Å². The zero-order valence-electron chi connectivity index (χ0n) is 12.2. The molecule has 3 aromatic rings. The molecule has 7 heteroatoms. The van der Waals surface area contributed by atoms with E-state index < -0.39 is 5.97 Å². The van der Waals surface area contributed by atoms with Gasteiger partial charge in [0.2, 0.25) is 0 Å². The Morgan fingerprint density at radius 2 is 1.83 bits per heavy atom. The highest BCUT2D eigenvalue weighted by Crippen LogP contribution is 2.26. The van der Waals surface area contributed by atoms with Crippen molar-refractivity contribution in [2.24, 2.45) is 0 Å². The highest BCUT2D eigenvalue weighted by atomic mass is 79.9.